The summed E-state index contributed by atoms with van der Waals surface area (Å²) in [6, 6.07) is 59.2. The van der Waals surface area contributed by atoms with E-state index in [1.165, 1.54) is 102 Å². The second kappa shape index (κ2) is 43.6. The predicted octanol–water partition coefficient (Wildman–Crippen LogP) is 23.9. The average Bonchev–Trinajstić information content (AvgIpc) is 1.24. The number of hydrogen-bond acceptors (Lipinski definition) is 11. The van der Waals surface area contributed by atoms with Crippen molar-refractivity contribution < 1.29 is 64.9 Å². The molecule has 0 spiro atoms. The molecule has 2 saturated carbocycles. The van der Waals surface area contributed by atoms with E-state index in [4.69, 9.17) is 29.3 Å². The Balaban J connectivity index is 0.000000161. The van der Waals surface area contributed by atoms with Gasteiger partial charge in [-0.3, -0.25) is 14.7 Å². The summed E-state index contributed by atoms with van der Waals surface area (Å²) in [5, 5.41) is 12.5. The normalized spacial score (nSPS) is 17.1. The van der Waals surface area contributed by atoms with E-state index >= 15 is 0 Å². The Morgan fingerprint density at radius 3 is 1.62 bits per heavy atom. The van der Waals surface area contributed by atoms with Crippen molar-refractivity contribution >= 4 is 86.2 Å². The Morgan fingerprint density at radius 2 is 1.16 bits per heavy atom. The van der Waals surface area contributed by atoms with Crippen molar-refractivity contribution in [3.63, 3.8) is 0 Å². The van der Waals surface area contributed by atoms with Crippen LogP contribution in [0.25, 0.3) is 33.4 Å². The van der Waals surface area contributed by atoms with Crippen LogP contribution in [0.3, 0.4) is 0 Å². The van der Waals surface area contributed by atoms with Crippen LogP contribution in [0.4, 0.5) is 30.6 Å². The van der Waals surface area contributed by atoms with Gasteiger partial charge in [0.15, 0.2) is 23.1 Å². The number of carbonyl (C=O) groups is 3. The Bertz CT molecular complexity index is 4900. The zero-order valence-electron chi connectivity index (χ0n) is 72.3. The van der Waals surface area contributed by atoms with Crippen molar-refractivity contribution in [3.05, 3.63) is 245 Å². The maximum atomic E-state index is 13.9. The van der Waals surface area contributed by atoms with Crippen LogP contribution in [-0.4, -0.2) is 100 Å². The molecule has 3 saturated heterocycles. The van der Waals surface area contributed by atoms with Gasteiger partial charge in [-0.2, -0.15) is 14.9 Å². The molecule has 22 heteroatoms. The minimum atomic E-state index is -0.562. The van der Waals surface area contributed by atoms with Gasteiger partial charge in [-0.1, -0.05) is 182 Å². The number of amides is 2. The SMILES string of the molecule is CC(C)(C)OC(=O)n1cc(B2OC(C)(C)C(C)(C)O2)cn1.CC(C)c1cc(C(C)C)c(-c2cccc(P(C3CCCCC3)C3CCCCC3)c2)c(C(C)C)c1.COc1ccc(CC2CCN(c3ccc(-c4cn[nH]c4)cc3)C2=O)cc1F.COc1ccc(CC2CCN(c3ccc(Br)cc3)C2=O)cc1F.Nc1ccccc1-c1[c-]cccc1.[Cl][Pd+]. The van der Waals surface area contributed by atoms with Crippen molar-refractivity contribution in [2.45, 2.75) is 226 Å². The Kier molecular flexibility index (Phi) is 34.2. The number of nitrogen functional groups attached to an aromatic ring is 1. The molecule has 0 radical (unpaired) electrons. The number of para-hydroxylation sites is 1. The van der Waals surface area contributed by atoms with E-state index in [-0.39, 0.29) is 48.9 Å². The van der Waals surface area contributed by atoms with Crippen LogP contribution in [-0.2, 0) is 54.7 Å². The van der Waals surface area contributed by atoms with Gasteiger partial charge in [0.05, 0.1) is 31.6 Å². The standard InChI is InChI=1S/C33H49P.C21H20FN3O2.C18H17BrFNO2.C14H23BN2O4.C12H10N.ClH.Pd/c1-23(2)27-21-31(24(3)4)33(32(22-27)25(5)6)26-14-13-19-30(20-26)34(28-15-9-7-10-16-28)29-17-11-8-12-18-29;1-27-20-7-2-14(11-19(20)22)10-16-8-9-25(21(16)26)18-5-3-15(4-6-18)17-12-23-24-13-17;1-23-17-7-2-12(11-16(17)20)10-13-8-9-21(18(13)22)15-5-3-14(19)4-6-15;1-12(2,3)19-11(18)17-9-10(8-16-17)15-20-13(4,5)14(6,7)21-15;13-12-9-5-4-8-11(12)10-6-2-1-3-7-10;;/h13-14,19-25,28-29H,7-12,15-18H2,1-6H3;2-7,11-13,16H,8-10H2,1H3,(H,23,24);2-7,11,13H,8-10H2,1H3;8-9H,1-7H3;1-6,8-9H,13H2;1H;/q;;;;-1;;+2/p-1. The first-order valence-electron chi connectivity index (χ1n) is 42.2. The molecule has 5 fully saturated rings. The van der Waals surface area contributed by atoms with Crippen molar-refractivity contribution in [1.82, 2.24) is 20.0 Å². The van der Waals surface area contributed by atoms with Crippen LogP contribution in [0.2, 0.25) is 0 Å². The molecular formula is C98H119BBrClF2N7O8PPd. The summed E-state index contributed by atoms with van der Waals surface area (Å²) in [5.41, 5.74) is 23.0. The van der Waals surface area contributed by atoms with E-state index in [0.29, 0.717) is 49.1 Å². The number of anilines is 3. The molecule has 15 nitrogen and oxygen atoms in total. The molecule has 5 heterocycles. The molecule has 2 aromatic heterocycles. The molecular weight excluding hydrogens is 1700 g/mol. The molecule has 2 unspecified atom stereocenters. The van der Waals surface area contributed by atoms with Crippen LogP contribution < -0.4 is 35.8 Å². The Morgan fingerprint density at radius 1 is 0.642 bits per heavy atom. The van der Waals surface area contributed by atoms with Gasteiger partial charge in [-0.15, -0.1) is 35.9 Å². The Labute approximate surface area is 735 Å². The maximum absolute atomic E-state index is 13.9. The van der Waals surface area contributed by atoms with Crippen molar-refractivity contribution in [2.24, 2.45) is 11.8 Å². The number of ether oxygens (including phenoxy) is 3. The molecule has 120 heavy (non-hydrogen) atoms. The average molecular weight is 1820 g/mol. The molecule has 3 N–H and O–H groups in total. The summed E-state index contributed by atoms with van der Waals surface area (Å²) in [6.45, 7) is 28.9. The van der Waals surface area contributed by atoms with Crippen LogP contribution in [0.1, 0.15) is 213 Å². The zero-order valence-corrected chi connectivity index (χ0v) is 77.1. The number of nitrogens with one attached hydrogen (secondary N) is 1. The van der Waals surface area contributed by atoms with E-state index in [1.807, 2.05) is 169 Å². The number of hydrogen-bond donors (Lipinski definition) is 2. The number of nitrogens with zero attached hydrogens (tertiary/aromatic N) is 5. The van der Waals surface area contributed by atoms with Crippen LogP contribution >= 0.6 is 33.4 Å². The minimum absolute atomic E-state index is 0.0651. The molecule has 640 valence electrons. The zero-order chi connectivity index (χ0) is 86.6. The third-order valence-electron chi connectivity index (χ3n) is 23.3. The number of rotatable bonds is 18. The van der Waals surface area contributed by atoms with Gasteiger partial charge in [0, 0.05) is 70.4 Å². The summed E-state index contributed by atoms with van der Waals surface area (Å²) >= 11 is 5.62. The first-order chi connectivity index (χ1) is 57.4. The predicted molar refractivity (Wildman–Crippen MR) is 487 cm³/mol. The second-order valence-electron chi connectivity index (χ2n) is 34.5. The van der Waals surface area contributed by atoms with Gasteiger partial charge in [-0.25, -0.2) is 13.6 Å². The topological polar surface area (TPSA) is 176 Å². The number of H-pyrrole nitrogens is 1. The number of halogens is 4. The molecule has 3 aliphatic heterocycles. The van der Waals surface area contributed by atoms with Gasteiger partial charge in [0.25, 0.3) is 0 Å². The number of carbonyl (C=O) groups excluding carboxylic acids is 3. The molecule has 15 rings (SSSR count). The summed E-state index contributed by atoms with van der Waals surface area (Å²) in [4.78, 5) is 41.0. The van der Waals surface area contributed by atoms with E-state index < -0.39 is 35.8 Å². The van der Waals surface area contributed by atoms with Crippen molar-refractivity contribution in [3.8, 4) is 44.9 Å². The fraction of sp³-hybridized carbons (Fsp3) is 0.418. The summed E-state index contributed by atoms with van der Waals surface area (Å²) in [7, 11) is 6.77. The van der Waals surface area contributed by atoms with Gasteiger partial charge >= 0.3 is 40.9 Å². The molecule has 5 aliphatic rings. The van der Waals surface area contributed by atoms with Gasteiger partial charge < -0.3 is 39.1 Å². The molecule has 2 aliphatic carbocycles. The van der Waals surface area contributed by atoms with E-state index in [0.717, 1.165) is 83.8 Å². The number of benzene rings is 8. The molecule has 2 amide bonds. The summed E-state index contributed by atoms with van der Waals surface area (Å²) in [6.07, 6.45) is 23.5. The molecule has 2 atom stereocenters. The first kappa shape index (κ1) is 94.0. The van der Waals surface area contributed by atoms with E-state index in [1.54, 1.807) is 57.6 Å². The number of methoxy groups -OCH3 is 2. The number of aromatic nitrogens is 4. The van der Waals surface area contributed by atoms with Crippen molar-refractivity contribution in [2.75, 3.05) is 42.8 Å². The summed E-state index contributed by atoms with van der Waals surface area (Å²) in [5.74, 6) is 1.25. The second-order valence-corrected chi connectivity index (χ2v) is 38.2. The van der Waals surface area contributed by atoms with Gasteiger partial charge in [0.2, 0.25) is 11.8 Å². The fourth-order valence-corrected chi connectivity index (χ4v) is 20.3. The molecule has 8 aromatic carbocycles. The third kappa shape index (κ3) is 24.8. The molecule has 0 bridgehead atoms. The third-order valence-corrected chi connectivity index (χ3v) is 27.4. The van der Waals surface area contributed by atoms with E-state index in [9.17, 15) is 23.2 Å². The quantitative estimate of drug-likeness (QED) is 0.0362. The van der Waals surface area contributed by atoms with Crippen molar-refractivity contribution in [1.29, 1.82) is 0 Å². The molecule has 10 aromatic rings. The van der Waals surface area contributed by atoms with Gasteiger partial charge in [0.1, 0.15) is 5.60 Å². The van der Waals surface area contributed by atoms with Crippen LogP contribution in [0.15, 0.2) is 199 Å². The monoisotopic (exact) mass is 1820 g/mol. The van der Waals surface area contributed by atoms with Crippen LogP contribution in [0.5, 0.6) is 11.5 Å². The van der Waals surface area contributed by atoms with Crippen LogP contribution in [0, 0.1) is 29.5 Å². The first-order valence-corrected chi connectivity index (χ1v) is 46.4. The van der Waals surface area contributed by atoms with E-state index in [2.05, 4.69) is 143 Å². The fourth-order valence-electron chi connectivity index (χ4n) is 16.2. The summed E-state index contributed by atoms with van der Waals surface area (Å²) < 4.78 is 56.8. The number of nitrogens with two attached hydrogens (primary N) is 1. The number of aromatic amines is 1. The van der Waals surface area contributed by atoms with Gasteiger partial charge in [-0.05, 0) is 257 Å². The Hall–Kier alpha value is -8.30.